The van der Waals surface area contributed by atoms with Gasteiger partial charge in [-0.1, -0.05) is 48.2 Å². The summed E-state index contributed by atoms with van der Waals surface area (Å²) in [6, 6.07) is 22.4. The van der Waals surface area contributed by atoms with Crippen molar-refractivity contribution < 1.29 is 23.9 Å². The number of hydrogen-bond donors (Lipinski definition) is 0. The number of esters is 1. The Balaban J connectivity index is 1.24. The lowest BCUT2D eigenvalue weighted by molar-refractivity contribution is -0.147. The summed E-state index contributed by atoms with van der Waals surface area (Å²) in [4.78, 5) is 42.8. The normalized spacial score (nSPS) is 14.0. The fourth-order valence-corrected chi connectivity index (χ4v) is 4.91. The lowest BCUT2D eigenvalue weighted by atomic mass is 10.2. The lowest BCUT2D eigenvalue weighted by Crippen LogP contribution is -2.40. The van der Waals surface area contributed by atoms with Gasteiger partial charge in [0, 0.05) is 16.3 Å². The molecular formula is C25H20N2O5S. The fourth-order valence-electron chi connectivity index (χ4n) is 3.85. The zero-order valence-corrected chi connectivity index (χ0v) is 18.4. The number of anilines is 3. The average molecular weight is 461 g/mol. The average Bonchev–Trinajstić information content (AvgIpc) is 2.85. The first kappa shape index (κ1) is 21.1. The maximum Gasteiger partial charge on any atom is 0.308 e. The van der Waals surface area contributed by atoms with Gasteiger partial charge >= 0.3 is 5.97 Å². The third-order valence-electron chi connectivity index (χ3n) is 5.39. The molecule has 3 aromatic rings. The highest BCUT2D eigenvalue weighted by Crippen LogP contribution is 2.47. The number of rotatable bonds is 5. The predicted octanol–water partition coefficient (Wildman–Crippen LogP) is 4.17. The molecule has 2 heterocycles. The highest BCUT2D eigenvalue weighted by molar-refractivity contribution is 7.99. The number of para-hydroxylation sites is 4. The molecule has 0 radical (unpaired) electrons. The van der Waals surface area contributed by atoms with Crippen LogP contribution in [0.1, 0.15) is 6.42 Å². The Bertz CT molecular complexity index is 1200. The van der Waals surface area contributed by atoms with E-state index in [0.29, 0.717) is 11.4 Å². The van der Waals surface area contributed by atoms with Crippen LogP contribution in [-0.4, -0.2) is 37.5 Å². The van der Waals surface area contributed by atoms with Gasteiger partial charge in [0.1, 0.15) is 5.75 Å². The van der Waals surface area contributed by atoms with Gasteiger partial charge in [-0.05, 0) is 36.4 Å². The molecule has 7 nitrogen and oxygen atoms in total. The van der Waals surface area contributed by atoms with Crippen molar-refractivity contribution in [2.24, 2.45) is 0 Å². The second-order valence-electron chi connectivity index (χ2n) is 7.48. The third kappa shape index (κ3) is 4.17. The van der Waals surface area contributed by atoms with Crippen LogP contribution in [0.3, 0.4) is 0 Å². The summed E-state index contributed by atoms with van der Waals surface area (Å²) >= 11 is 1.60. The van der Waals surface area contributed by atoms with Gasteiger partial charge in [0.15, 0.2) is 13.2 Å². The van der Waals surface area contributed by atoms with E-state index in [1.165, 1.54) is 4.90 Å². The minimum absolute atomic E-state index is 0.0314. The van der Waals surface area contributed by atoms with Crippen LogP contribution in [0, 0.1) is 0 Å². The standard InChI is InChI=1S/C25H20N2O5S/c28-23-15-31-20-10-4-1-7-17(20)26(23)14-13-25(30)32-16-24(29)27-18-8-2-5-11-21(18)33-22-12-6-3-9-19(22)27/h1-12H,13-16H2. The van der Waals surface area contributed by atoms with E-state index in [1.54, 1.807) is 34.9 Å². The molecule has 0 N–H and O–H groups in total. The van der Waals surface area contributed by atoms with Crippen molar-refractivity contribution in [3.8, 4) is 5.75 Å². The van der Waals surface area contributed by atoms with E-state index >= 15 is 0 Å². The molecule has 33 heavy (non-hydrogen) atoms. The van der Waals surface area contributed by atoms with Crippen LogP contribution in [-0.2, 0) is 19.1 Å². The molecule has 0 fully saturated rings. The second kappa shape index (κ2) is 8.99. The number of carbonyl (C=O) groups excluding carboxylic acids is 3. The first-order valence-corrected chi connectivity index (χ1v) is 11.3. The Morgan fingerprint density at radius 3 is 2.18 bits per heavy atom. The summed E-state index contributed by atoms with van der Waals surface area (Å²) < 4.78 is 10.7. The Kier molecular flexibility index (Phi) is 5.75. The van der Waals surface area contributed by atoms with Gasteiger partial charge in [-0.15, -0.1) is 0 Å². The number of ether oxygens (including phenoxy) is 2. The molecule has 0 bridgehead atoms. The maximum atomic E-state index is 13.1. The summed E-state index contributed by atoms with van der Waals surface area (Å²) in [6.07, 6.45) is -0.0314. The molecule has 166 valence electrons. The van der Waals surface area contributed by atoms with E-state index in [1.807, 2.05) is 54.6 Å². The SMILES string of the molecule is O=C(CCN1C(=O)COc2ccccc21)OCC(=O)N1c2ccccc2Sc2ccccc21. The van der Waals surface area contributed by atoms with E-state index in [-0.39, 0.29) is 38.0 Å². The van der Waals surface area contributed by atoms with Gasteiger partial charge in [-0.2, -0.15) is 0 Å². The van der Waals surface area contributed by atoms with E-state index < -0.39 is 5.97 Å². The van der Waals surface area contributed by atoms with Gasteiger partial charge < -0.3 is 14.4 Å². The van der Waals surface area contributed by atoms with Crippen molar-refractivity contribution >= 4 is 46.6 Å². The van der Waals surface area contributed by atoms with Gasteiger partial charge in [0.05, 0.1) is 23.5 Å². The Morgan fingerprint density at radius 1 is 0.879 bits per heavy atom. The number of fused-ring (bicyclic) bond motifs is 3. The van der Waals surface area contributed by atoms with Crippen LogP contribution >= 0.6 is 11.8 Å². The van der Waals surface area contributed by atoms with Gasteiger partial charge in [-0.3, -0.25) is 19.3 Å². The number of hydrogen-bond acceptors (Lipinski definition) is 6. The minimum Gasteiger partial charge on any atom is -0.482 e. The maximum absolute atomic E-state index is 13.1. The molecule has 3 aromatic carbocycles. The molecule has 0 aromatic heterocycles. The first-order chi connectivity index (χ1) is 16.1. The molecule has 2 aliphatic rings. The molecule has 0 unspecified atom stereocenters. The fraction of sp³-hybridized carbons (Fsp3) is 0.160. The smallest absolute Gasteiger partial charge is 0.308 e. The molecule has 0 spiro atoms. The van der Waals surface area contributed by atoms with Crippen molar-refractivity contribution in [1.82, 2.24) is 0 Å². The number of benzene rings is 3. The number of carbonyl (C=O) groups is 3. The highest BCUT2D eigenvalue weighted by Gasteiger charge is 2.29. The monoisotopic (exact) mass is 460 g/mol. The van der Waals surface area contributed by atoms with E-state index in [9.17, 15) is 14.4 Å². The Labute approximate surface area is 194 Å². The summed E-state index contributed by atoms with van der Waals surface area (Å²) in [5.74, 6) is -0.512. The highest BCUT2D eigenvalue weighted by atomic mass is 32.2. The van der Waals surface area contributed by atoms with Crippen molar-refractivity contribution in [3.05, 3.63) is 72.8 Å². The summed E-state index contributed by atoms with van der Waals surface area (Å²) in [6.45, 7) is -0.311. The Morgan fingerprint density at radius 2 is 1.48 bits per heavy atom. The predicted molar refractivity (Wildman–Crippen MR) is 124 cm³/mol. The minimum atomic E-state index is -0.548. The van der Waals surface area contributed by atoms with Crippen LogP contribution in [0.5, 0.6) is 5.75 Å². The van der Waals surface area contributed by atoms with E-state index in [2.05, 4.69) is 0 Å². The largest absolute Gasteiger partial charge is 0.482 e. The van der Waals surface area contributed by atoms with Crippen molar-refractivity contribution in [2.45, 2.75) is 16.2 Å². The molecule has 2 aliphatic heterocycles. The summed E-state index contributed by atoms with van der Waals surface area (Å²) in [5, 5.41) is 0. The number of amides is 2. The van der Waals surface area contributed by atoms with Crippen molar-refractivity contribution in [3.63, 3.8) is 0 Å². The van der Waals surface area contributed by atoms with Crippen molar-refractivity contribution in [1.29, 1.82) is 0 Å². The van der Waals surface area contributed by atoms with Gasteiger partial charge in [-0.25, -0.2) is 0 Å². The van der Waals surface area contributed by atoms with E-state index in [4.69, 9.17) is 9.47 Å². The molecule has 2 amide bonds. The molecule has 5 rings (SSSR count). The number of nitrogens with zero attached hydrogens (tertiary/aromatic N) is 2. The van der Waals surface area contributed by atoms with Gasteiger partial charge in [0.2, 0.25) is 0 Å². The van der Waals surface area contributed by atoms with Crippen LogP contribution in [0.4, 0.5) is 17.1 Å². The zero-order valence-electron chi connectivity index (χ0n) is 17.6. The van der Waals surface area contributed by atoms with Crippen LogP contribution in [0.15, 0.2) is 82.6 Å². The molecule has 0 aliphatic carbocycles. The Hall–Kier alpha value is -3.78. The zero-order chi connectivity index (χ0) is 22.8. The molecule has 0 saturated heterocycles. The van der Waals surface area contributed by atoms with Gasteiger partial charge in [0.25, 0.3) is 11.8 Å². The molecule has 0 atom stereocenters. The first-order valence-electron chi connectivity index (χ1n) is 10.5. The summed E-state index contributed by atoms with van der Waals surface area (Å²) in [5.41, 5.74) is 2.15. The topological polar surface area (TPSA) is 76.1 Å². The molecular weight excluding hydrogens is 440 g/mol. The van der Waals surface area contributed by atoms with Crippen LogP contribution in [0.25, 0.3) is 0 Å². The third-order valence-corrected chi connectivity index (χ3v) is 6.52. The van der Waals surface area contributed by atoms with Crippen LogP contribution < -0.4 is 14.5 Å². The molecule has 8 heteroatoms. The summed E-state index contributed by atoms with van der Waals surface area (Å²) in [7, 11) is 0. The van der Waals surface area contributed by atoms with Crippen molar-refractivity contribution in [2.75, 3.05) is 29.6 Å². The van der Waals surface area contributed by atoms with Crippen LogP contribution in [0.2, 0.25) is 0 Å². The lowest BCUT2D eigenvalue weighted by Gasteiger charge is -2.31. The molecule has 0 saturated carbocycles. The second-order valence-corrected chi connectivity index (χ2v) is 8.56. The quantitative estimate of drug-likeness (QED) is 0.532. The van der Waals surface area contributed by atoms with E-state index in [0.717, 1.165) is 21.2 Å².